The fourth-order valence-corrected chi connectivity index (χ4v) is 9.05. The number of aryl methyl sites for hydroxylation is 3. The summed E-state index contributed by atoms with van der Waals surface area (Å²) in [5, 5.41) is 0. The zero-order chi connectivity index (χ0) is 28.8. The molecule has 3 aliphatic heterocycles. The minimum atomic E-state index is -3.83. The third-order valence-corrected chi connectivity index (χ3v) is 11.2. The van der Waals surface area contributed by atoms with E-state index in [1.165, 1.54) is 9.87 Å². The number of carbonyl (C=O) groups is 1. The van der Waals surface area contributed by atoms with E-state index in [0.717, 1.165) is 64.0 Å². The average molecular weight is 574 g/mol. The van der Waals surface area contributed by atoms with Crippen LogP contribution in [0, 0.1) is 19.3 Å². The quantitative estimate of drug-likeness (QED) is 0.406. The van der Waals surface area contributed by atoms with Crippen LogP contribution in [0.3, 0.4) is 0 Å². The number of hydrogen-bond donors (Lipinski definition) is 0. The fourth-order valence-electron chi connectivity index (χ4n) is 7.10. The van der Waals surface area contributed by atoms with Crippen LogP contribution in [0.4, 0.5) is 5.69 Å². The van der Waals surface area contributed by atoms with Gasteiger partial charge in [-0.05, 0) is 92.6 Å². The highest BCUT2D eigenvalue weighted by molar-refractivity contribution is 7.93. The van der Waals surface area contributed by atoms with Crippen LogP contribution in [0.15, 0.2) is 65.6 Å². The van der Waals surface area contributed by atoms with E-state index in [0.29, 0.717) is 39.6 Å². The molecule has 3 heterocycles. The van der Waals surface area contributed by atoms with Crippen molar-refractivity contribution >= 4 is 21.6 Å². The maximum Gasteiger partial charge on any atom is 0.264 e. The Morgan fingerprint density at radius 3 is 2.39 bits per heavy atom. The summed E-state index contributed by atoms with van der Waals surface area (Å²) in [5.41, 5.74) is 4.92. The Morgan fingerprint density at radius 1 is 0.927 bits per heavy atom. The first-order chi connectivity index (χ1) is 19.7. The highest BCUT2D eigenvalue weighted by Crippen LogP contribution is 2.41. The van der Waals surface area contributed by atoms with Crippen molar-refractivity contribution in [3.63, 3.8) is 0 Å². The lowest BCUT2D eigenvalue weighted by Crippen LogP contribution is -2.37. The molecule has 6 rings (SSSR count). The Labute approximate surface area is 243 Å². The van der Waals surface area contributed by atoms with Gasteiger partial charge in [0.15, 0.2) is 0 Å². The third-order valence-electron chi connectivity index (χ3n) is 9.12. The van der Waals surface area contributed by atoms with E-state index in [1.54, 1.807) is 33.1 Å². The molecule has 0 aliphatic carbocycles. The number of likely N-dealkylation sites (tertiary alicyclic amines) is 2. The Morgan fingerprint density at radius 2 is 1.66 bits per heavy atom. The van der Waals surface area contributed by atoms with Crippen molar-refractivity contribution in [2.75, 3.05) is 44.1 Å². The standard InChI is InChI=1S/C33H39N3O4S/c1-24-18-29(40-3)19-25(2)31(24)41(38,39)36-15-7-10-27-11-12-28(20-30(27)36)32(37)35-17-14-33(23-35)13-16-34(22-33)21-26-8-5-4-6-9-26/h4-6,8-9,11-12,18-20H,7,10,13-17,21-23H2,1-3H3. The smallest absolute Gasteiger partial charge is 0.264 e. The van der Waals surface area contributed by atoms with Gasteiger partial charge in [0.1, 0.15) is 5.75 Å². The summed E-state index contributed by atoms with van der Waals surface area (Å²) in [7, 11) is -2.25. The van der Waals surface area contributed by atoms with E-state index in [9.17, 15) is 13.2 Å². The number of amides is 1. The second-order valence-corrected chi connectivity index (χ2v) is 13.8. The molecule has 0 saturated carbocycles. The molecule has 1 atom stereocenters. The van der Waals surface area contributed by atoms with E-state index >= 15 is 0 Å². The third kappa shape index (κ3) is 5.24. The Kier molecular flexibility index (Phi) is 7.32. The van der Waals surface area contributed by atoms with E-state index in [2.05, 4.69) is 29.2 Å². The first-order valence-electron chi connectivity index (χ1n) is 14.6. The second kappa shape index (κ2) is 10.8. The van der Waals surface area contributed by atoms with Gasteiger partial charge in [-0.1, -0.05) is 36.4 Å². The maximum absolute atomic E-state index is 14.0. The number of carbonyl (C=O) groups excluding carboxylic acids is 1. The lowest BCUT2D eigenvalue weighted by molar-refractivity contribution is 0.0773. The number of fused-ring (bicyclic) bond motifs is 1. The molecule has 1 spiro atoms. The molecule has 7 nitrogen and oxygen atoms in total. The zero-order valence-electron chi connectivity index (χ0n) is 24.2. The number of hydrogen-bond acceptors (Lipinski definition) is 5. The van der Waals surface area contributed by atoms with Gasteiger partial charge in [0.05, 0.1) is 17.7 Å². The number of sulfonamides is 1. The molecule has 0 bridgehead atoms. The van der Waals surface area contributed by atoms with Crippen LogP contribution in [-0.2, 0) is 23.0 Å². The van der Waals surface area contributed by atoms with Crippen molar-refractivity contribution in [2.45, 2.75) is 51.0 Å². The molecule has 216 valence electrons. The largest absolute Gasteiger partial charge is 0.497 e. The van der Waals surface area contributed by atoms with Gasteiger partial charge in [-0.25, -0.2) is 8.42 Å². The number of benzene rings is 3. The number of nitrogens with zero attached hydrogens (tertiary/aromatic N) is 3. The highest BCUT2D eigenvalue weighted by atomic mass is 32.2. The lowest BCUT2D eigenvalue weighted by Gasteiger charge is -2.32. The Hall–Kier alpha value is -3.36. The van der Waals surface area contributed by atoms with Crippen LogP contribution in [0.25, 0.3) is 0 Å². The molecule has 0 radical (unpaired) electrons. The molecule has 0 aromatic heterocycles. The summed E-state index contributed by atoms with van der Waals surface area (Å²) >= 11 is 0. The molecular formula is C33H39N3O4S. The first-order valence-corrected chi connectivity index (χ1v) is 16.0. The molecule has 2 fully saturated rings. The number of anilines is 1. The second-order valence-electron chi connectivity index (χ2n) is 12.0. The summed E-state index contributed by atoms with van der Waals surface area (Å²) in [5.74, 6) is 0.630. The van der Waals surface area contributed by atoms with E-state index < -0.39 is 10.0 Å². The average Bonchev–Trinajstić information content (AvgIpc) is 3.57. The molecule has 2 saturated heterocycles. The van der Waals surface area contributed by atoms with Gasteiger partial charge in [0.2, 0.25) is 0 Å². The van der Waals surface area contributed by atoms with Crippen molar-refractivity contribution in [2.24, 2.45) is 5.41 Å². The van der Waals surface area contributed by atoms with Crippen molar-refractivity contribution in [1.29, 1.82) is 0 Å². The Balaban J connectivity index is 1.22. The topological polar surface area (TPSA) is 70.2 Å². The van der Waals surface area contributed by atoms with E-state index in [1.807, 2.05) is 29.2 Å². The molecule has 3 aromatic rings. The van der Waals surface area contributed by atoms with Gasteiger partial charge >= 0.3 is 0 Å². The summed E-state index contributed by atoms with van der Waals surface area (Å²) in [6.45, 7) is 8.48. The van der Waals surface area contributed by atoms with Crippen LogP contribution in [0.2, 0.25) is 0 Å². The van der Waals surface area contributed by atoms with Crippen LogP contribution in [0.1, 0.15) is 51.9 Å². The van der Waals surface area contributed by atoms with Crippen LogP contribution in [-0.4, -0.2) is 64.0 Å². The zero-order valence-corrected chi connectivity index (χ0v) is 25.0. The van der Waals surface area contributed by atoms with Crippen molar-refractivity contribution < 1.29 is 17.9 Å². The van der Waals surface area contributed by atoms with Crippen LogP contribution in [0.5, 0.6) is 5.75 Å². The van der Waals surface area contributed by atoms with Crippen molar-refractivity contribution in [1.82, 2.24) is 9.80 Å². The monoisotopic (exact) mass is 573 g/mol. The molecule has 3 aliphatic rings. The van der Waals surface area contributed by atoms with Gasteiger partial charge in [0, 0.05) is 43.7 Å². The SMILES string of the molecule is COc1cc(C)c(S(=O)(=O)N2CCCc3ccc(C(=O)N4CCC5(CCN(Cc6ccccc6)C5)C4)cc32)c(C)c1. The molecule has 0 N–H and O–H groups in total. The molecule has 8 heteroatoms. The summed E-state index contributed by atoms with van der Waals surface area (Å²) in [4.78, 5) is 18.6. The number of methoxy groups -OCH3 is 1. The minimum absolute atomic E-state index is 0.00841. The fraction of sp³-hybridized carbons (Fsp3) is 0.424. The first kappa shape index (κ1) is 27.8. The molecule has 1 unspecified atom stereocenters. The van der Waals surface area contributed by atoms with Gasteiger partial charge in [-0.3, -0.25) is 14.0 Å². The summed E-state index contributed by atoms with van der Waals surface area (Å²) < 4.78 is 34.9. The van der Waals surface area contributed by atoms with Crippen molar-refractivity contribution in [3.05, 3.63) is 88.5 Å². The number of rotatable bonds is 6. The van der Waals surface area contributed by atoms with Gasteiger partial charge in [-0.15, -0.1) is 0 Å². The minimum Gasteiger partial charge on any atom is -0.497 e. The normalized spacial score (nSPS) is 21.0. The number of ether oxygens (including phenoxy) is 1. The van der Waals surface area contributed by atoms with E-state index in [4.69, 9.17) is 4.74 Å². The summed E-state index contributed by atoms with van der Waals surface area (Å²) in [6.07, 6.45) is 3.63. The summed E-state index contributed by atoms with van der Waals surface area (Å²) in [6, 6.07) is 19.7. The molecule has 41 heavy (non-hydrogen) atoms. The van der Waals surface area contributed by atoms with Gasteiger partial charge in [-0.2, -0.15) is 0 Å². The van der Waals surface area contributed by atoms with Gasteiger partial charge < -0.3 is 9.64 Å². The molecular weight excluding hydrogens is 534 g/mol. The molecule has 1 amide bonds. The van der Waals surface area contributed by atoms with E-state index in [-0.39, 0.29) is 11.3 Å². The highest BCUT2D eigenvalue weighted by Gasteiger charge is 2.45. The van der Waals surface area contributed by atoms with Gasteiger partial charge in [0.25, 0.3) is 15.9 Å². The van der Waals surface area contributed by atoms with Crippen LogP contribution >= 0.6 is 0 Å². The predicted octanol–water partition coefficient (Wildman–Crippen LogP) is 5.19. The van der Waals surface area contributed by atoms with Crippen LogP contribution < -0.4 is 9.04 Å². The van der Waals surface area contributed by atoms with Crippen molar-refractivity contribution in [3.8, 4) is 5.75 Å². The molecule has 3 aromatic carbocycles. The predicted molar refractivity (Wildman–Crippen MR) is 161 cm³/mol. The maximum atomic E-state index is 14.0. The lowest BCUT2D eigenvalue weighted by atomic mass is 9.86. The Bertz CT molecular complexity index is 1550.